The summed E-state index contributed by atoms with van der Waals surface area (Å²) in [5.41, 5.74) is 0.956. The number of nitrogens with zero attached hydrogens (tertiary/aromatic N) is 4. The van der Waals surface area contributed by atoms with Crippen LogP contribution >= 0.6 is 22.6 Å². The van der Waals surface area contributed by atoms with Gasteiger partial charge in [0.15, 0.2) is 0 Å². The first-order valence-electron chi connectivity index (χ1n) is 6.44. The van der Waals surface area contributed by atoms with Gasteiger partial charge in [-0.15, -0.1) is 0 Å². The minimum atomic E-state index is -3.13. The summed E-state index contributed by atoms with van der Waals surface area (Å²) in [5, 5.41) is 0. The van der Waals surface area contributed by atoms with E-state index in [1.807, 2.05) is 19.0 Å². The Morgan fingerprint density at radius 1 is 1.45 bits per heavy atom. The molecule has 0 N–H and O–H groups in total. The van der Waals surface area contributed by atoms with Gasteiger partial charge < -0.3 is 4.90 Å². The Bertz CT molecular complexity index is 591. The van der Waals surface area contributed by atoms with Gasteiger partial charge in [-0.1, -0.05) is 0 Å². The summed E-state index contributed by atoms with van der Waals surface area (Å²) < 4.78 is 26.0. The fourth-order valence-corrected chi connectivity index (χ4v) is 3.95. The Morgan fingerprint density at radius 2 is 2.15 bits per heavy atom. The van der Waals surface area contributed by atoms with Gasteiger partial charge >= 0.3 is 0 Å². The fraction of sp³-hybridized carbons (Fsp3) is 0.667. The summed E-state index contributed by atoms with van der Waals surface area (Å²) in [6.45, 7) is 1.12. The first kappa shape index (κ1) is 15.9. The number of piperidine rings is 1. The van der Waals surface area contributed by atoms with Crippen molar-refractivity contribution in [2.75, 3.05) is 38.3 Å². The maximum atomic E-state index is 11.7. The summed E-state index contributed by atoms with van der Waals surface area (Å²) >= 11 is 2.22. The van der Waals surface area contributed by atoms with Gasteiger partial charge in [-0.3, -0.25) is 0 Å². The Balaban J connectivity index is 2.29. The number of aromatic nitrogens is 2. The molecule has 0 aromatic carbocycles. The van der Waals surface area contributed by atoms with Crippen LogP contribution in [0.2, 0.25) is 0 Å². The Labute approximate surface area is 133 Å². The summed E-state index contributed by atoms with van der Waals surface area (Å²) in [5.74, 6) is 0.809. The van der Waals surface area contributed by atoms with E-state index in [4.69, 9.17) is 0 Å². The second kappa shape index (κ2) is 6.10. The van der Waals surface area contributed by atoms with Crippen LogP contribution in [0.3, 0.4) is 0 Å². The van der Waals surface area contributed by atoms with E-state index in [1.54, 1.807) is 10.5 Å². The molecular formula is C12H19IN4O2S. The van der Waals surface area contributed by atoms with Crippen LogP contribution < -0.4 is 4.90 Å². The Morgan fingerprint density at radius 3 is 2.75 bits per heavy atom. The third kappa shape index (κ3) is 3.59. The second-order valence-electron chi connectivity index (χ2n) is 5.26. The first-order chi connectivity index (χ1) is 9.29. The molecule has 0 bridgehead atoms. The third-order valence-corrected chi connectivity index (χ3v) is 5.50. The molecule has 1 aliphatic rings. The molecular weight excluding hydrogens is 391 g/mol. The Hall–Kier alpha value is -0.480. The fourth-order valence-electron chi connectivity index (χ4n) is 2.34. The molecule has 1 saturated heterocycles. The molecule has 0 saturated carbocycles. The van der Waals surface area contributed by atoms with Crippen LogP contribution in [-0.4, -0.2) is 56.1 Å². The van der Waals surface area contributed by atoms with Crippen LogP contribution in [0.1, 0.15) is 24.5 Å². The van der Waals surface area contributed by atoms with Crippen molar-refractivity contribution in [3.63, 3.8) is 0 Å². The van der Waals surface area contributed by atoms with Gasteiger partial charge in [0.25, 0.3) is 0 Å². The summed E-state index contributed by atoms with van der Waals surface area (Å²) in [6.07, 6.45) is 4.91. The number of sulfonamides is 1. The van der Waals surface area contributed by atoms with Crippen molar-refractivity contribution < 1.29 is 8.42 Å². The summed E-state index contributed by atoms with van der Waals surface area (Å²) in [7, 11) is 0.668. The van der Waals surface area contributed by atoms with E-state index in [-0.39, 0.29) is 5.92 Å². The molecule has 0 amide bonds. The highest BCUT2D eigenvalue weighted by Crippen LogP contribution is 2.30. The number of anilines is 1. The molecule has 8 heteroatoms. The van der Waals surface area contributed by atoms with Crippen molar-refractivity contribution in [3.8, 4) is 0 Å². The summed E-state index contributed by atoms with van der Waals surface area (Å²) in [4.78, 5) is 10.7. The van der Waals surface area contributed by atoms with Crippen molar-refractivity contribution in [1.29, 1.82) is 0 Å². The van der Waals surface area contributed by atoms with Crippen LogP contribution in [0, 0.1) is 3.57 Å². The molecule has 1 fully saturated rings. The lowest BCUT2D eigenvalue weighted by molar-refractivity contribution is 0.314. The van der Waals surface area contributed by atoms with Crippen LogP contribution in [0.4, 0.5) is 5.95 Å². The molecule has 0 unspecified atom stereocenters. The molecule has 0 aliphatic carbocycles. The molecule has 1 aliphatic heterocycles. The van der Waals surface area contributed by atoms with Crippen molar-refractivity contribution >= 4 is 38.6 Å². The standard InChI is InChI=1S/C12H19IN4O2S/c1-16(2)12-14-7-10(13)11(15-12)9-5-4-6-17(8-9)20(3,18)19/h7,9H,4-6,8H2,1-3H3/t9-/m1/s1. The molecule has 1 aromatic rings. The zero-order valence-corrected chi connectivity index (χ0v) is 14.8. The lowest BCUT2D eigenvalue weighted by Gasteiger charge is -2.31. The molecule has 2 rings (SSSR count). The van der Waals surface area contributed by atoms with Crippen molar-refractivity contribution in [3.05, 3.63) is 15.5 Å². The summed E-state index contributed by atoms with van der Waals surface area (Å²) in [6, 6.07) is 0. The zero-order chi connectivity index (χ0) is 14.9. The highest BCUT2D eigenvalue weighted by molar-refractivity contribution is 14.1. The van der Waals surface area contributed by atoms with Crippen LogP contribution in [0.25, 0.3) is 0 Å². The molecule has 112 valence electrons. The Kier molecular flexibility index (Phi) is 4.85. The van der Waals surface area contributed by atoms with E-state index in [1.165, 1.54) is 6.26 Å². The molecule has 2 heterocycles. The van der Waals surface area contributed by atoms with Gasteiger partial charge in [0.05, 0.1) is 15.5 Å². The van der Waals surface area contributed by atoms with Gasteiger partial charge in [-0.25, -0.2) is 22.7 Å². The molecule has 20 heavy (non-hydrogen) atoms. The molecule has 0 radical (unpaired) electrons. The predicted octanol–water partition coefficient (Wildman–Crippen LogP) is 1.29. The van der Waals surface area contributed by atoms with Gasteiger partial charge in [-0.05, 0) is 35.4 Å². The highest BCUT2D eigenvalue weighted by atomic mass is 127. The molecule has 1 atom stereocenters. The van der Waals surface area contributed by atoms with E-state index >= 15 is 0 Å². The molecule has 1 aromatic heterocycles. The minimum Gasteiger partial charge on any atom is -0.347 e. The van der Waals surface area contributed by atoms with Gasteiger partial charge in [0.2, 0.25) is 16.0 Å². The number of rotatable bonds is 3. The zero-order valence-electron chi connectivity index (χ0n) is 11.9. The maximum Gasteiger partial charge on any atom is 0.225 e. The van der Waals surface area contributed by atoms with E-state index < -0.39 is 10.0 Å². The van der Waals surface area contributed by atoms with Gasteiger partial charge in [0, 0.05) is 39.3 Å². The number of hydrogen-bond donors (Lipinski definition) is 0. The van der Waals surface area contributed by atoms with Crippen molar-refractivity contribution in [2.24, 2.45) is 0 Å². The van der Waals surface area contributed by atoms with Crippen LogP contribution in [0.5, 0.6) is 0 Å². The van der Waals surface area contributed by atoms with E-state index in [2.05, 4.69) is 32.6 Å². The average molecular weight is 410 g/mol. The topological polar surface area (TPSA) is 66.4 Å². The van der Waals surface area contributed by atoms with Crippen LogP contribution in [0.15, 0.2) is 6.20 Å². The largest absolute Gasteiger partial charge is 0.347 e. The van der Waals surface area contributed by atoms with Crippen molar-refractivity contribution in [2.45, 2.75) is 18.8 Å². The maximum absolute atomic E-state index is 11.7. The minimum absolute atomic E-state index is 0.145. The van der Waals surface area contributed by atoms with Gasteiger partial charge in [-0.2, -0.15) is 0 Å². The van der Waals surface area contributed by atoms with E-state index in [0.717, 1.165) is 22.1 Å². The first-order valence-corrected chi connectivity index (χ1v) is 9.36. The number of halogens is 1. The quantitative estimate of drug-likeness (QED) is 0.703. The third-order valence-electron chi connectivity index (χ3n) is 3.40. The van der Waals surface area contributed by atoms with E-state index in [9.17, 15) is 8.42 Å². The second-order valence-corrected chi connectivity index (χ2v) is 8.40. The highest BCUT2D eigenvalue weighted by Gasteiger charge is 2.29. The average Bonchev–Trinajstić information content (AvgIpc) is 2.38. The molecule has 6 nitrogen and oxygen atoms in total. The SMILES string of the molecule is CN(C)c1ncc(I)c([C@@H]2CCCN(S(C)(=O)=O)C2)n1. The van der Waals surface area contributed by atoms with Gasteiger partial charge in [0.1, 0.15) is 0 Å². The number of hydrogen-bond acceptors (Lipinski definition) is 5. The van der Waals surface area contributed by atoms with E-state index in [0.29, 0.717) is 19.0 Å². The normalized spacial score (nSPS) is 20.9. The smallest absolute Gasteiger partial charge is 0.225 e. The monoisotopic (exact) mass is 410 g/mol. The lowest BCUT2D eigenvalue weighted by atomic mass is 9.96. The van der Waals surface area contributed by atoms with Crippen molar-refractivity contribution in [1.82, 2.24) is 14.3 Å². The molecule has 0 spiro atoms. The predicted molar refractivity (Wildman–Crippen MR) is 87.5 cm³/mol. The lowest BCUT2D eigenvalue weighted by Crippen LogP contribution is -2.38. The van der Waals surface area contributed by atoms with Crippen LogP contribution in [-0.2, 0) is 10.0 Å².